The summed E-state index contributed by atoms with van der Waals surface area (Å²) in [6.45, 7) is 9.48. The summed E-state index contributed by atoms with van der Waals surface area (Å²) in [5.74, 6) is 0.645. The molecule has 1 heterocycles. The molecule has 2 heteroatoms. The smallest absolute Gasteiger partial charge is 0.0687 e. The third kappa shape index (κ3) is 2.64. The number of anilines is 1. The number of para-hydroxylation sites is 1. The van der Waals surface area contributed by atoms with Gasteiger partial charge in [0.25, 0.3) is 0 Å². The van der Waals surface area contributed by atoms with Crippen molar-refractivity contribution in [3.63, 3.8) is 0 Å². The molecule has 0 saturated carbocycles. The molecule has 0 aromatic heterocycles. The van der Waals surface area contributed by atoms with Crippen LogP contribution in [0.3, 0.4) is 0 Å². The SMILES string of the molecule is CCC1CC(C)(CC)N(CC(C)O)c2ccccc21. The van der Waals surface area contributed by atoms with Crippen molar-refractivity contribution in [1.82, 2.24) is 0 Å². The Kier molecular flexibility index (Phi) is 4.19. The molecule has 0 radical (unpaired) electrons. The van der Waals surface area contributed by atoms with E-state index in [0.717, 1.165) is 13.0 Å². The number of hydrogen-bond acceptors (Lipinski definition) is 2. The lowest BCUT2D eigenvalue weighted by molar-refractivity contribution is 0.183. The number of hydrogen-bond donors (Lipinski definition) is 1. The molecule has 0 amide bonds. The molecule has 1 aromatic rings. The Hall–Kier alpha value is -1.02. The maximum Gasteiger partial charge on any atom is 0.0687 e. The predicted molar refractivity (Wildman–Crippen MR) is 81.8 cm³/mol. The summed E-state index contributed by atoms with van der Waals surface area (Å²) in [7, 11) is 0. The number of aliphatic hydroxyl groups excluding tert-OH is 1. The van der Waals surface area contributed by atoms with Gasteiger partial charge in [-0.15, -0.1) is 0 Å². The van der Waals surface area contributed by atoms with Crippen molar-refractivity contribution in [3.05, 3.63) is 29.8 Å². The van der Waals surface area contributed by atoms with Crippen LogP contribution in [-0.2, 0) is 0 Å². The summed E-state index contributed by atoms with van der Waals surface area (Å²) in [6, 6.07) is 8.72. The van der Waals surface area contributed by atoms with Gasteiger partial charge in [-0.25, -0.2) is 0 Å². The third-order valence-corrected chi connectivity index (χ3v) is 4.71. The second-order valence-corrected chi connectivity index (χ2v) is 6.18. The van der Waals surface area contributed by atoms with Crippen molar-refractivity contribution in [2.75, 3.05) is 11.4 Å². The Labute approximate surface area is 117 Å². The number of benzene rings is 1. The van der Waals surface area contributed by atoms with E-state index in [2.05, 4.69) is 49.9 Å². The van der Waals surface area contributed by atoms with Gasteiger partial charge in [0.05, 0.1) is 6.10 Å². The molecule has 2 rings (SSSR count). The van der Waals surface area contributed by atoms with Crippen LogP contribution in [0.1, 0.15) is 58.4 Å². The maximum absolute atomic E-state index is 9.84. The number of aliphatic hydroxyl groups is 1. The van der Waals surface area contributed by atoms with E-state index in [4.69, 9.17) is 0 Å². The normalized spacial score (nSPS) is 28.1. The van der Waals surface area contributed by atoms with Gasteiger partial charge in [-0.3, -0.25) is 0 Å². The molecule has 0 saturated heterocycles. The van der Waals surface area contributed by atoms with E-state index in [1.807, 2.05) is 6.92 Å². The highest BCUT2D eigenvalue weighted by atomic mass is 16.3. The van der Waals surface area contributed by atoms with Gasteiger partial charge in [-0.2, -0.15) is 0 Å². The Morgan fingerprint density at radius 2 is 2.05 bits per heavy atom. The highest BCUT2D eigenvalue weighted by molar-refractivity contribution is 5.59. The molecule has 1 aromatic carbocycles. The summed E-state index contributed by atoms with van der Waals surface area (Å²) in [4.78, 5) is 2.43. The van der Waals surface area contributed by atoms with Crippen LogP contribution in [0, 0.1) is 0 Å². The molecule has 1 aliphatic rings. The summed E-state index contributed by atoms with van der Waals surface area (Å²) in [5.41, 5.74) is 2.94. The fourth-order valence-electron chi connectivity index (χ4n) is 3.40. The summed E-state index contributed by atoms with van der Waals surface area (Å²) in [6.07, 6.45) is 3.20. The van der Waals surface area contributed by atoms with Gasteiger partial charge in [0, 0.05) is 17.8 Å². The van der Waals surface area contributed by atoms with Gasteiger partial charge in [0.1, 0.15) is 0 Å². The molecule has 0 fully saturated rings. The molecule has 0 bridgehead atoms. The molecule has 1 N–H and O–H groups in total. The molecule has 0 spiro atoms. The van der Waals surface area contributed by atoms with E-state index in [-0.39, 0.29) is 11.6 Å². The minimum atomic E-state index is -0.294. The lowest BCUT2D eigenvalue weighted by atomic mass is 9.75. The Morgan fingerprint density at radius 1 is 1.37 bits per heavy atom. The van der Waals surface area contributed by atoms with E-state index < -0.39 is 0 Å². The van der Waals surface area contributed by atoms with Crippen molar-refractivity contribution in [3.8, 4) is 0 Å². The summed E-state index contributed by atoms with van der Waals surface area (Å²) >= 11 is 0. The van der Waals surface area contributed by atoms with Crippen LogP contribution in [0.15, 0.2) is 24.3 Å². The number of fused-ring (bicyclic) bond motifs is 1. The Bertz CT molecular complexity index is 429. The van der Waals surface area contributed by atoms with E-state index in [1.54, 1.807) is 0 Å². The van der Waals surface area contributed by atoms with E-state index in [1.165, 1.54) is 24.1 Å². The average molecular weight is 261 g/mol. The van der Waals surface area contributed by atoms with E-state index >= 15 is 0 Å². The van der Waals surface area contributed by atoms with Crippen molar-refractivity contribution in [2.24, 2.45) is 0 Å². The molecule has 1 aliphatic heterocycles. The van der Waals surface area contributed by atoms with Crippen molar-refractivity contribution in [2.45, 2.75) is 64.5 Å². The number of β-amino-alcohol motifs (C(OH)–C–C–N with tert-alkyl or cyclic N) is 1. The van der Waals surface area contributed by atoms with E-state index in [9.17, 15) is 5.11 Å². The zero-order valence-corrected chi connectivity index (χ0v) is 12.7. The van der Waals surface area contributed by atoms with Crippen LogP contribution in [0.4, 0.5) is 5.69 Å². The minimum Gasteiger partial charge on any atom is -0.392 e. The van der Waals surface area contributed by atoms with Crippen LogP contribution in [0.5, 0.6) is 0 Å². The monoisotopic (exact) mass is 261 g/mol. The summed E-state index contributed by atoms with van der Waals surface area (Å²) in [5, 5.41) is 9.84. The molecular weight excluding hydrogens is 234 g/mol. The van der Waals surface area contributed by atoms with Crippen LogP contribution in [0.2, 0.25) is 0 Å². The lowest BCUT2D eigenvalue weighted by Gasteiger charge is -2.50. The highest BCUT2D eigenvalue weighted by Crippen LogP contribution is 2.46. The molecular formula is C17H27NO. The predicted octanol–water partition coefficient (Wildman–Crippen LogP) is 3.94. The first-order chi connectivity index (χ1) is 9.01. The van der Waals surface area contributed by atoms with Crippen molar-refractivity contribution in [1.29, 1.82) is 0 Å². The van der Waals surface area contributed by atoms with Gasteiger partial charge in [0.15, 0.2) is 0 Å². The standard InChI is InChI=1S/C17H27NO/c1-5-14-11-17(4,6-2)18(12-13(3)19)16-10-8-7-9-15(14)16/h7-10,13-14,19H,5-6,11-12H2,1-4H3. The number of nitrogens with zero attached hydrogens (tertiary/aromatic N) is 1. The van der Waals surface area contributed by atoms with Gasteiger partial charge in [-0.1, -0.05) is 32.0 Å². The van der Waals surface area contributed by atoms with Gasteiger partial charge < -0.3 is 10.0 Å². The molecule has 3 atom stereocenters. The van der Waals surface area contributed by atoms with Gasteiger partial charge in [-0.05, 0) is 50.7 Å². The van der Waals surface area contributed by atoms with Crippen LogP contribution in [0.25, 0.3) is 0 Å². The fourth-order valence-corrected chi connectivity index (χ4v) is 3.40. The minimum absolute atomic E-state index is 0.159. The van der Waals surface area contributed by atoms with Crippen LogP contribution in [-0.4, -0.2) is 23.3 Å². The quantitative estimate of drug-likeness (QED) is 0.887. The van der Waals surface area contributed by atoms with Crippen molar-refractivity contribution >= 4 is 5.69 Å². The Balaban J connectivity index is 2.47. The lowest BCUT2D eigenvalue weighted by Crippen LogP contribution is -2.52. The maximum atomic E-state index is 9.84. The van der Waals surface area contributed by atoms with Crippen LogP contribution < -0.4 is 4.90 Å². The second-order valence-electron chi connectivity index (χ2n) is 6.18. The third-order valence-electron chi connectivity index (χ3n) is 4.71. The van der Waals surface area contributed by atoms with Gasteiger partial charge >= 0.3 is 0 Å². The fraction of sp³-hybridized carbons (Fsp3) is 0.647. The zero-order chi connectivity index (χ0) is 14.0. The zero-order valence-electron chi connectivity index (χ0n) is 12.7. The van der Waals surface area contributed by atoms with Crippen molar-refractivity contribution < 1.29 is 5.11 Å². The first kappa shape index (κ1) is 14.4. The molecule has 106 valence electrons. The number of rotatable bonds is 4. The molecule has 2 nitrogen and oxygen atoms in total. The first-order valence-corrected chi connectivity index (χ1v) is 7.56. The first-order valence-electron chi connectivity index (χ1n) is 7.56. The summed E-state index contributed by atoms with van der Waals surface area (Å²) < 4.78 is 0. The molecule has 3 unspecified atom stereocenters. The second kappa shape index (κ2) is 5.54. The highest BCUT2D eigenvalue weighted by Gasteiger charge is 2.39. The van der Waals surface area contributed by atoms with Crippen LogP contribution >= 0.6 is 0 Å². The van der Waals surface area contributed by atoms with Gasteiger partial charge in [0.2, 0.25) is 0 Å². The average Bonchev–Trinajstić information content (AvgIpc) is 2.41. The largest absolute Gasteiger partial charge is 0.392 e. The van der Waals surface area contributed by atoms with E-state index in [0.29, 0.717) is 5.92 Å². The topological polar surface area (TPSA) is 23.5 Å². The molecule has 0 aliphatic carbocycles. The Morgan fingerprint density at radius 3 is 2.63 bits per heavy atom. The molecule has 19 heavy (non-hydrogen) atoms.